The molecule has 5 nitrogen and oxygen atoms in total. The van der Waals surface area contributed by atoms with Crippen molar-refractivity contribution >= 4 is 11.8 Å². The van der Waals surface area contributed by atoms with E-state index in [0.29, 0.717) is 31.6 Å². The maximum atomic E-state index is 12.8. The molecule has 2 amide bonds. The Kier molecular flexibility index (Phi) is 7.06. The van der Waals surface area contributed by atoms with Crippen LogP contribution >= 0.6 is 0 Å². The molecule has 26 heavy (non-hydrogen) atoms. The van der Waals surface area contributed by atoms with E-state index in [9.17, 15) is 9.59 Å². The highest BCUT2D eigenvalue weighted by Crippen LogP contribution is 2.19. The highest BCUT2D eigenvalue weighted by Gasteiger charge is 2.22. The molecular formula is C21H32N2O3. The van der Waals surface area contributed by atoms with Gasteiger partial charge >= 0.3 is 0 Å². The van der Waals surface area contributed by atoms with Crippen molar-refractivity contribution in [2.45, 2.75) is 59.0 Å². The lowest BCUT2D eigenvalue weighted by atomic mass is 10.1. The molecule has 1 aromatic carbocycles. The Morgan fingerprint density at radius 3 is 2.23 bits per heavy atom. The van der Waals surface area contributed by atoms with Gasteiger partial charge < -0.3 is 14.5 Å². The van der Waals surface area contributed by atoms with Crippen LogP contribution in [-0.2, 0) is 4.79 Å². The molecule has 0 N–H and O–H groups in total. The van der Waals surface area contributed by atoms with Crippen molar-refractivity contribution in [3.8, 4) is 5.75 Å². The van der Waals surface area contributed by atoms with E-state index in [1.807, 2.05) is 54.8 Å². The van der Waals surface area contributed by atoms with Gasteiger partial charge in [-0.2, -0.15) is 0 Å². The topological polar surface area (TPSA) is 49.9 Å². The van der Waals surface area contributed by atoms with Gasteiger partial charge in [-0.25, -0.2) is 0 Å². The van der Waals surface area contributed by atoms with Gasteiger partial charge in [-0.05, 0) is 57.9 Å². The molecule has 0 aliphatic carbocycles. The summed E-state index contributed by atoms with van der Waals surface area (Å²) in [7, 11) is 0. The Hall–Kier alpha value is -2.04. The first-order valence-electron chi connectivity index (χ1n) is 9.66. The number of benzene rings is 1. The maximum absolute atomic E-state index is 12.8. The number of rotatable bonds is 5. The highest BCUT2D eigenvalue weighted by atomic mass is 16.5. The van der Waals surface area contributed by atoms with Crippen LogP contribution in [0.15, 0.2) is 24.3 Å². The van der Waals surface area contributed by atoms with Crippen LogP contribution in [0.5, 0.6) is 5.75 Å². The summed E-state index contributed by atoms with van der Waals surface area (Å²) in [4.78, 5) is 28.8. The van der Waals surface area contributed by atoms with E-state index >= 15 is 0 Å². The number of carbonyl (C=O) groups excluding carboxylic acids is 2. The first kappa shape index (κ1) is 20.3. The first-order chi connectivity index (χ1) is 12.3. The van der Waals surface area contributed by atoms with E-state index in [1.165, 1.54) is 0 Å². The largest absolute Gasteiger partial charge is 0.488 e. The summed E-state index contributed by atoms with van der Waals surface area (Å²) in [6, 6.07) is 7.32. The molecule has 1 fully saturated rings. The predicted molar refractivity (Wildman–Crippen MR) is 103 cm³/mol. The third-order valence-electron chi connectivity index (χ3n) is 4.41. The van der Waals surface area contributed by atoms with Crippen LogP contribution in [-0.4, -0.2) is 53.4 Å². The molecule has 0 aromatic heterocycles. The Morgan fingerprint density at radius 2 is 1.62 bits per heavy atom. The van der Waals surface area contributed by atoms with Crippen molar-refractivity contribution in [1.82, 2.24) is 9.80 Å². The molecule has 1 saturated heterocycles. The quantitative estimate of drug-likeness (QED) is 0.804. The summed E-state index contributed by atoms with van der Waals surface area (Å²) < 4.78 is 5.81. The van der Waals surface area contributed by atoms with Crippen LogP contribution in [0.4, 0.5) is 0 Å². The zero-order valence-electron chi connectivity index (χ0n) is 16.6. The summed E-state index contributed by atoms with van der Waals surface area (Å²) in [5, 5.41) is 0. The Balaban J connectivity index is 1.94. The zero-order chi connectivity index (χ0) is 19.2. The van der Waals surface area contributed by atoms with Gasteiger partial charge in [-0.1, -0.05) is 13.3 Å². The van der Waals surface area contributed by atoms with Gasteiger partial charge in [0.25, 0.3) is 5.91 Å². The number of carbonyl (C=O) groups is 2. The van der Waals surface area contributed by atoms with Crippen molar-refractivity contribution < 1.29 is 14.3 Å². The third kappa shape index (κ3) is 6.04. The molecule has 1 aromatic rings. The van der Waals surface area contributed by atoms with E-state index in [1.54, 1.807) is 0 Å². The van der Waals surface area contributed by atoms with Gasteiger partial charge in [0.15, 0.2) is 0 Å². The number of unbranched alkanes of at least 4 members (excludes halogenated alkanes) is 1. The molecule has 5 heteroatoms. The van der Waals surface area contributed by atoms with Gasteiger partial charge in [-0.3, -0.25) is 9.59 Å². The fourth-order valence-corrected chi connectivity index (χ4v) is 3.06. The minimum absolute atomic E-state index is 0.0233. The molecule has 2 rings (SSSR count). The lowest BCUT2D eigenvalue weighted by Gasteiger charge is -2.23. The number of amides is 2. The van der Waals surface area contributed by atoms with E-state index in [2.05, 4.69) is 6.92 Å². The fraction of sp³-hybridized carbons (Fsp3) is 0.619. The van der Waals surface area contributed by atoms with E-state index < -0.39 is 0 Å². The van der Waals surface area contributed by atoms with Crippen LogP contribution in [0, 0.1) is 0 Å². The molecule has 144 valence electrons. The van der Waals surface area contributed by atoms with E-state index in [-0.39, 0.29) is 17.4 Å². The molecule has 1 heterocycles. The molecule has 0 radical (unpaired) electrons. The Labute approximate surface area is 157 Å². The fourth-order valence-electron chi connectivity index (χ4n) is 3.06. The average Bonchev–Trinajstić information content (AvgIpc) is 2.84. The van der Waals surface area contributed by atoms with Crippen LogP contribution < -0.4 is 4.74 Å². The minimum Gasteiger partial charge on any atom is -0.488 e. The molecular weight excluding hydrogens is 328 g/mol. The van der Waals surface area contributed by atoms with E-state index in [4.69, 9.17) is 4.74 Å². The second kappa shape index (κ2) is 9.06. The lowest BCUT2D eigenvalue weighted by molar-refractivity contribution is -0.131. The molecule has 0 spiro atoms. The van der Waals surface area contributed by atoms with Crippen molar-refractivity contribution in [2.24, 2.45) is 0 Å². The van der Waals surface area contributed by atoms with Gasteiger partial charge in [0, 0.05) is 38.2 Å². The van der Waals surface area contributed by atoms with Crippen molar-refractivity contribution in [3.05, 3.63) is 29.8 Å². The Morgan fingerprint density at radius 1 is 1.00 bits per heavy atom. The van der Waals surface area contributed by atoms with Gasteiger partial charge in [0.2, 0.25) is 5.91 Å². The summed E-state index contributed by atoms with van der Waals surface area (Å²) in [6.07, 6.45) is 3.40. The lowest BCUT2D eigenvalue weighted by Crippen LogP contribution is -2.37. The SMILES string of the molecule is CCCCC(=O)N1CCCN(C(=O)c2ccc(OC(C)(C)C)cc2)CC1. The van der Waals surface area contributed by atoms with E-state index in [0.717, 1.165) is 31.6 Å². The average molecular weight is 360 g/mol. The molecule has 0 unspecified atom stereocenters. The summed E-state index contributed by atoms with van der Waals surface area (Å²) in [6.45, 7) is 10.7. The molecule has 1 aliphatic heterocycles. The van der Waals surface area contributed by atoms with Crippen LogP contribution in [0.1, 0.15) is 63.7 Å². The monoisotopic (exact) mass is 360 g/mol. The van der Waals surface area contributed by atoms with Gasteiger partial charge in [0.05, 0.1) is 0 Å². The maximum Gasteiger partial charge on any atom is 0.253 e. The van der Waals surface area contributed by atoms with Gasteiger partial charge in [-0.15, -0.1) is 0 Å². The summed E-state index contributed by atoms with van der Waals surface area (Å²) in [5.74, 6) is 0.998. The van der Waals surface area contributed by atoms with Gasteiger partial charge in [0.1, 0.15) is 11.4 Å². The molecule has 0 atom stereocenters. The second-order valence-electron chi connectivity index (χ2n) is 7.87. The highest BCUT2D eigenvalue weighted by molar-refractivity contribution is 5.94. The van der Waals surface area contributed by atoms with Crippen LogP contribution in [0.2, 0.25) is 0 Å². The standard InChI is InChI=1S/C21H32N2O3/c1-5-6-8-19(24)22-13-7-14-23(16-15-22)20(25)17-9-11-18(12-10-17)26-21(2,3)4/h9-12H,5-8,13-16H2,1-4H3. The summed E-state index contributed by atoms with van der Waals surface area (Å²) >= 11 is 0. The van der Waals surface area contributed by atoms with Crippen LogP contribution in [0.3, 0.4) is 0 Å². The van der Waals surface area contributed by atoms with Crippen LogP contribution in [0.25, 0.3) is 0 Å². The normalized spacial score (nSPS) is 15.5. The van der Waals surface area contributed by atoms with Crippen molar-refractivity contribution in [1.29, 1.82) is 0 Å². The molecule has 1 aliphatic rings. The number of hydrogen-bond acceptors (Lipinski definition) is 3. The smallest absolute Gasteiger partial charge is 0.253 e. The van der Waals surface area contributed by atoms with Crippen molar-refractivity contribution in [2.75, 3.05) is 26.2 Å². The summed E-state index contributed by atoms with van der Waals surface area (Å²) in [5.41, 5.74) is 0.404. The molecule has 0 saturated carbocycles. The number of nitrogens with zero attached hydrogens (tertiary/aromatic N) is 2. The predicted octanol–water partition coefficient (Wildman–Crippen LogP) is 3.73. The van der Waals surface area contributed by atoms with Crippen molar-refractivity contribution in [3.63, 3.8) is 0 Å². The zero-order valence-corrected chi connectivity index (χ0v) is 16.6. The third-order valence-corrected chi connectivity index (χ3v) is 4.41. The Bertz CT molecular complexity index is 605. The first-order valence-corrected chi connectivity index (χ1v) is 9.66. The minimum atomic E-state index is -0.260. The number of ether oxygens (including phenoxy) is 1. The number of hydrogen-bond donors (Lipinski definition) is 0. The molecule has 0 bridgehead atoms. The second-order valence-corrected chi connectivity index (χ2v) is 7.87.